The van der Waals surface area contributed by atoms with E-state index in [4.69, 9.17) is 5.11 Å². The fraction of sp³-hybridized carbons (Fsp3) is 0.176. The molecule has 2 aromatic carbocycles. The zero-order valence-electron chi connectivity index (χ0n) is 11.8. The number of anilines is 1. The third-order valence-corrected chi connectivity index (χ3v) is 3.26. The molecule has 1 unspecified atom stereocenters. The zero-order valence-corrected chi connectivity index (χ0v) is 11.8. The van der Waals surface area contributed by atoms with Crippen LogP contribution >= 0.6 is 0 Å². The molecule has 4 heteroatoms. The molecule has 0 spiro atoms. The summed E-state index contributed by atoms with van der Waals surface area (Å²) < 4.78 is 0. The highest BCUT2D eigenvalue weighted by Gasteiger charge is 2.27. The summed E-state index contributed by atoms with van der Waals surface area (Å²) in [4.78, 5) is 25.0. The summed E-state index contributed by atoms with van der Waals surface area (Å²) in [6, 6.07) is 18.6. The monoisotopic (exact) mass is 283 g/mol. The van der Waals surface area contributed by atoms with E-state index in [1.165, 1.54) is 11.8 Å². The molecule has 0 saturated carbocycles. The van der Waals surface area contributed by atoms with Crippen LogP contribution in [0.3, 0.4) is 0 Å². The highest BCUT2D eigenvalue weighted by atomic mass is 16.4. The molecule has 0 saturated heterocycles. The zero-order chi connectivity index (χ0) is 15.2. The van der Waals surface area contributed by atoms with Gasteiger partial charge in [-0.1, -0.05) is 48.5 Å². The summed E-state index contributed by atoms with van der Waals surface area (Å²) in [6.45, 7) is 1.76. The second kappa shape index (κ2) is 6.70. The van der Waals surface area contributed by atoms with Gasteiger partial charge in [0.25, 0.3) is 0 Å². The lowest BCUT2D eigenvalue weighted by Gasteiger charge is -2.24. The number of aliphatic carboxylic acids is 1. The average Bonchev–Trinajstić information content (AvgIpc) is 2.53. The van der Waals surface area contributed by atoms with Gasteiger partial charge in [-0.05, 0) is 24.6 Å². The Balaban J connectivity index is 2.31. The summed E-state index contributed by atoms with van der Waals surface area (Å²) in [7, 11) is 0. The first-order valence-corrected chi connectivity index (χ1v) is 6.72. The molecular weight excluding hydrogens is 266 g/mol. The topological polar surface area (TPSA) is 57.6 Å². The number of para-hydroxylation sites is 1. The average molecular weight is 283 g/mol. The Hall–Kier alpha value is -2.62. The van der Waals surface area contributed by atoms with Gasteiger partial charge in [-0.25, -0.2) is 0 Å². The lowest BCUT2D eigenvalue weighted by atomic mass is 10.1. The lowest BCUT2D eigenvalue weighted by Crippen LogP contribution is -2.37. The Morgan fingerprint density at radius 2 is 1.52 bits per heavy atom. The Morgan fingerprint density at radius 1 is 1.00 bits per heavy atom. The molecule has 1 amide bonds. The van der Waals surface area contributed by atoms with Gasteiger partial charge in [0.1, 0.15) is 5.92 Å². The van der Waals surface area contributed by atoms with E-state index in [0.29, 0.717) is 12.2 Å². The van der Waals surface area contributed by atoms with Crippen molar-refractivity contribution >= 4 is 17.6 Å². The molecule has 0 heterocycles. The molecule has 108 valence electrons. The maximum absolute atomic E-state index is 12.4. The third-order valence-electron chi connectivity index (χ3n) is 3.26. The summed E-state index contributed by atoms with van der Waals surface area (Å²) in [5.41, 5.74) is 1.65. The van der Waals surface area contributed by atoms with Crippen LogP contribution in [0.2, 0.25) is 0 Å². The maximum atomic E-state index is 12.4. The van der Waals surface area contributed by atoms with E-state index >= 15 is 0 Å². The van der Waals surface area contributed by atoms with Crippen LogP contribution in [-0.4, -0.2) is 17.0 Å². The van der Waals surface area contributed by atoms with Crippen LogP contribution in [0.5, 0.6) is 0 Å². The van der Waals surface area contributed by atoms with Gasteiger partial charge in [-0.15, -0.1) is 0 Å². The molecule has 4 nitrogen and oxygen atoms in total. The van der Waals surface area contributed by atoms with Gasteiger partial charge in [0.2, 0.25) is 5.91 Å². The van der Waals surface area contributed by atoms with Crippen molar-refractivity contribution in [2.24, 2.45) is 5.92 Å². The SMILES string of the molecule is CC(C(=O)O)C(=O)N(Cc1ccccc1)c1ccccc1. The van der Waals surface area contributed by atoms with Crippen molar-refractivity contribution in [3.05, 3.63) is 66.2 Å². The van der Waals surface area contributed by atoms with Crippen LogP contribution in [0.4, 0.5) is 5.69 Å². The number of carbonyl (C=O) groups excluding carboxylic acids is 1. The van der Waals surface area contributed by atoms with Gasteiger partial charge in [0.15, 0.2) is 0 Å². The molecule has 2 aromatic rings. The molecule has 0 aliphatic heterocycles. The summed E-state index contributed by atoms with van der Waals surface area (Å²) in [6.07, 6.45) is 0. The minimum atomic E-state index is -1.12. The maximum Gasteiger partial charge on any atom is 0.315 e. The minimum absolute atomic E-state index is 0.349. The summed E-state index contributed by atoms with van der Waals surface area (Å²) in [5.74, 6) is -2.61. The van der Waals surface area contributed by atoms with Crippen molar-refractivity contribution in [3.63, 3.8) is 0 Å². The normalized spacial score (nSPS) is 11.7. The second-order valence-electron chi connectivity index (χ2n) is 4.81. The van der Waals surface area contributed by atoms with Crippen LogP contribution in [0, 0.1) is 5.92 Å². The molecule has 0 aliphatic rings. The van der Waals surface area contributed by atoms with E-state index in [-0.39, 0.29) is 0 Å². The standard InChI is InChI=1S/C17H17NO3/c1-13(17(20)21)16(19)18(15-10-6-3-7-11-15)12-14-8-4-2-5-9-14/h2-11,13H,12H2,1H3,(H,20,21). The number of amides is 1. The molecule has 0 fully saturated rings. The van der Waals surface area contributed by atoms with Crippen LogP contribution in [0.15, 0.2) is 60.7 Å². The van der Waals surface area contributed by atoms with Gasteiger partial charge in [-0.3, -0.25) is 9.59 Å². The Kier molecular flexibility index (Phi) is 4.72. The van der Waals surface area contributed by atoms with Gasteiger partial charge >= 0.3 is 5.97 Å². The predicted octanol–water partition coefficient (Wildman–Crippen LogP) is 2.94. The van der Waals surface area contributed by atoms with E-state index in [1.807, 2.05) is 48.5 Å². The largest absolute Gasteiger partial charge is 0.481 e. The van der Waals surface area contributed by atoms with E-state index in [0.717, 1.165) is 5.56 Å². The Labute approximate surface area is 123 Å². The fourth-order valence-electron chi connectivity index (χ4n) is 2.01. The minimum Gasteiger partial charge on any atom is -0.481 e. The molecule has 1 atom stereocenters. The number of benzene rings is 2. The quantitative estimate of drug-likeness (QED) is 0.858. The lowest BCUT2D eigenvalue weighted by molar-refractivity contribution is -0.145. The van der Waals surface area contributed by atoms with Crippen molar-refractivity contribution in [1.29, 1.82) is 0 Å². The molecule has 0 aromatic heterocycles. The highest BCUT2D eigenvalue weighted by Crippen LogP contribution is 2.19. The molecule has 1 N–H and O–H groups in total. The van der Waals surface area contributed by atoms with Gasteiger partial charge < -0.3 is 10.0 Å². The Bertz CT molecular complexity index is 610. The molecule has 0 radical (unpaired) electrons. The number of rotatable bonds is 5. The molecule has 0 aliphatic carbocycles. The van der Waals surface area contributed by atoms with Crippen molar-refractivity contribution in [2.45, 2.75) is 13.5 Å². The van der Waals surface area contributed by atoms with Gasteiger partial charge in [-0.2, -0.15) is 0 Å². The van der Waals surface area contributed by atoms with E-state index in [9.17, 15) is 9.59 Å². The number of carboxylic acids is 1. The van der Waals surface area contributed by atoms with Crippen LogP contribution < -0.4 is 4.90 Å². The molecular formula is C17H17NO3. The first-order valence-electron chi connectivity index (χ1n) is 6.72. The molecule has 21 heavy (non-hydrogen) atoms. The van der Waals surface area contributed by atoms with Crippen LogP contribution in [0.25, 0.3) is 0 Å². The number of carboxylic acid groups (broad SMARTS) is 1. The smallest absolute Gasteiger partial charge is 0.315 e. The van der Waals surface area contributed by atoms with Gasteiger partial charge in [0.05, 0.1) is 6.54 Å². The first-order chi connectivity index (χ1) is 10.1. The fourth-order valence-corrected chi connectivity index (χ4v) is 2.01. The predicted molar refractivity (Wildman–Crippen MR) is 80.9 cm³/mol. The van der Waals surface area contributed by atoms with Crippen molar-refractivity contribution in [1.82, 2.24) is 0 Å². The number of hydrogen-bond acceptors (Lipinski definition) is 2. The second-order valence-corrected chi connectivity index (χ2v) is 4.81. The van der Waals surface area contributed by atoms with Gasteiger partial charge in [0, 0.05) is 5.69 Å². The number of carbonyl (C=O) groups is 2. The molecule has 2 rings (SSSR count). The highest BCUT2D eigenvalue weighted by molar-refractivity contribution is 6.05. The molecule has 0 bridgehead atoms. The number of hydrogen-bond donors (Lipinski definition) is 1. The summed E-state index contributed by atoms with van der Waals surface area (Å²) in [5, 5.41) is 9.07. The first kappa shape index (κ1) is 14.8. The van der Waals surface area contributed by atoms with E-state index in [1.54, 1.807) is 12.1 Å². The van der Waals surface area contributed by atoms with Crippen molar-refractivity contribution in [2.75, 3.05) is 4.90 Å². The summed E-state index contributed by atoms with van der Waals surface area (Å²) >= 11 is 0. The van der Waals surface area contributed by atoms with Crippen LogP contribution in [-0.2, 0) is 16.1 Å². The third kappa shape index (κ3) is 3.69. The van der Waals surface area contributed by atoms with E-state index in [2.05, 4.69) is 0 Å². The van der Waals surface area contributed by atoms with E-state index < -0.39 is 17.8 Å². The Morgan fingerprint density at radius 3 is 2.05 bits per heavy atom. The van der Waals surface area contributed by atoms with Crippen LogP contribution in [0.1, 0.15) is 12.5 Å². The van der Waals surface area contributed by atoms with Crippen molar-refractivity contribution in [3.8, 4) is 0 Å². The van der Waals surface area contributed by atoms with Crippen molar-refractivity contribution < 1.29 is 14.7 Å². The number of nitrogens with zero attached hydrogens (tertiary/aromatic N) is 1.